The van der Waals surface area contributed by atoms with Crippen molar-refractivity contribution in [2.75, 3.05) is 0 Å². The van der Waals surface area contributed by atoms with E-state index in [0.29, 0.717) is 5.92 Å². The lowest BCUT2D eigenvalue weighted by molar-refractivity contribution is 0.865. The van der Waals surface area contributed by atoms with Crippen molar-refractivity contribution in [3.8, 4) is 0 Å². The highest BCUT2D eigenvalue weighted by Gasteiger charge is 2.00. The van der Waals surface area contributed by atoms with E-state index in [-0.39, 0.29) is 0 Å². The minimum absolute atomic E-state index is 0.605. The van der Waals surface area contributed by atoms with Crippen molar-refractivity contribution in [1.29, 1.82) is 0 Å². The first kappa shape index (κ1) is 25.0. The van der Waals surface area contributed by atoms with Crippen LogP contribution in [0.4, 0.5) is 0 Å². The van der Waals surface area contributed by atoms with Gasteiger partial charge >= 0.3 is 0 Å². The fourth-order valence-electron chi connectivity index (χ4n) is 1.85. The lowest BCUT2D eigenvalue weighted by Crippen LogP contribution is -1.85. The molecule has 24 heavy (non-hydrogen) atoms. The topological polar surface area (TPSA) is 0 Å². The van der Waals surface area contributed by atoms with Crippen molar-refractivity contribution in [2.24, 2.45) is 0 Å². The van der Waals surface area contributed by atoms with Crippen LogP contribution in [0.25, 0.3) is 0 Å². The lowest BCUT2D eigenvalue weighted by atomic mass is 10.0. The van der Waals surface area contributed by atoms with Crippen molar-refractivity contribution >= 4 is 11.8 Å². The maximum atomic E-state index is 2.23. The molecule has 0 amide bonds. The van der Waals surface area contributed by atoms with Gasteiger partial charge < -0.3 is 0 Å². The summed E-state index contributed by atoms with van der Waals surface area (Å²) in [6, 6.07) is 17.7. The van der Waals surface area contributed by atoms with Gasteiger partial charge in [-0.15, -0.1) is 0 Å². The third-order valence-electron chi connectivity index (χ3n) is 3.11. The number of aryl methyl sites for hydroxylation is 1. The van der Waals surface area contributed by atoms with Crippen LogP contribution in [-0.4, -0.2) is 0 Å². The molecule has 0 unspecified atom stereocenters. The molecule has 2 aromatic carbocycles. The number of benzene rings is 2. The SMILES string of the molecule is CC.CC.CC.CCc1ccc(Sc2ccc(C(C)C)cc2)cc1. The predicted molar refractivity (Wildman–Crippen MR) is 115 cm³/mol. The van der Waals surface area contributed by atoms with E-state index in [4.69, 9.17) is 0 Å². The summed E-state index contributed by atoms with van der Waals surface area (Å²) in [7, 11) is 0. The number of hydrogen-bond acceptors (Lipinski definition) is 1. The Hall–Kier alpha value is -1.21. The minimum Gasteiger partial charge on any atom is -0.0901 e. The van der Waals surface area contributed by atoms with Crippen LogP contribution >= 0.6 is 11.8 Å². The Balaban J connectivity index is 0. The molecule has 2 aromatic rings. The molecule has 136 valence electrons. The minimum atomic E-state index is 0.605. The molecular weight excluding hydrogens is 308 g/mol. The van der Waals surface area contributed by atoms with Crippen LogP contribution in [0.5, 0.6) is 0 Å². The third kappa shape index (κ3) is 9.82. The Labute approximate surface area is 156 Å². The molecule has 0 aliphatic heterocycles. The monoisotopic (exact) mass is 346 g/mol. The van der Waals surface area contributed by atoms with Crippen molar-refractivity contribution in [2.45, 2.75) is 84.4 Å². The van der Waals surface area contributed by atoms with E-state index in [9.17, 15) is 0 Å². The molecule has 0 aliphatic rings. The van der Waals surface area contributed by atoms with Gasteiger partial charge in [-0.3, -0.25) is 0 Å². The molecule has 0 saturated carbocycles. The molecule has 0 fully saturated rings. The molecule has 0 aromatic heterocycles. The van der Waals surface area contributed by atoms with Crippen molar-refractivity contribution < 1.29 is 0 Å². The molecule has 0 bridgehead atoms. The standard InChI is InChI=1S/C17H20S.3C2H6/c1-4-14-5-9-16(10-6-14)18-17-11-7-15(8-12-17)13(2)3;3*1-2/h5-13H,4H2,1-3H3;3*1-2H3. The second-order valence-electron chi connectivity index (χ2n) is 4.82. The van der Waals surface area contributed by atoms with E-state index in [2.05, 4.69) is 69.3 Å². The summed E-state index contributed by atoms with van der Waals surface area (Å²) in [5, 5.41) is 0. The first-order valence-electron chi connectivity index (χ1n) is 9.56. The van der Waals surface area contributed by atoms with E-state index in [1.54, 1.807) is 0 Å². The molecule has 0 radical (unpaired) electrons. The molecule has 2 rings (SSSR count). The quantitative estimate of drug-likeness (QED) is 0.534. The smallest absolute Gasteiger partial charge is 0.0122 e. The summed E-state index contributed by atoms with van der Waals surface area (Å²) >= 11 is 1.83. The van der Waals surface area contributed by atoms with Gasteiger partial charge in [0.05, 0.1) is 0 Å². The Morgan fingerprint density at radius 1 is 0.667 bits per heavy atom. The van der Waals surface area contributed by atoms with Crippen molar-refractivity contribution in [1.82, 2.24) is 0 Å². The first-order chi connectivity index (χ1) is 11.7. The fraction of sp³-hybridized carbons (Fsp3) is 0.478. The van der Waals surface area contributed by atoms with E-state index in [0.717, 1.165) is 6.42 Å². The first-order valence-corrected chi connectivity index (χ1v) is 10.4. The summed E-state index contributed by atoms with van der Waals surface area (Å²) in [5.41, 5.74) is 2.80. The van der Waals surface area contributed by atoms with Crippen LogP contribution in [0.2, 0.25) is 0 Å². The Morgan fingerprint density at radius 2 is 1.04 bits per heavy atom. The van der Waals surface area contributed by atoms with E-state index in [1.807, 2.05) is 53.3 Å². The average Bonchev–Trinajstić information content (AvgIpc) is 2.68. The molecule has 0 N–H and O–H groups in total. The van der Waals surface area contributed by atoms with Gasteiger partial charge in [-0.25, -0.2) is 0 Å². The molecule has 0 saturated heterocycles. The fourth-order valence-corrected chi connectivity index (χ4v) is 2.67. The predicted octanol–water partition coefficient (Wildman–Crippen LogP) is 8.60. The van der Waals surface area contributed by atoms with Gasteiger partial charge in [-0.2, -0.15) is 0 Å². The van der Waals surface area contributed by atoms with Crippen LogP contribution in [0.3, 0.4) is 0 Å². The van der Waals surface area contributed by atoms with E-state index < -0.39 is 0 Å². The van der Waals surface area contributed by atoms with Crippen molar-refractivity contribution in [3.05, 3.63) is 59.7 Å². The molecule has 0 atom stereocenters. The summed E-state index contributed by atoms with van der Waals surface area (Å²) in [6.45, 7) is 18.6. The van der Waals surface area contributed by atoms with Gasteiger partial charge in [-0.05, 0) is 47.7 Å². The highest BCUT2D eigenvalue weighted by Crippen LogP contribution is 2.29. The third-order valence-corrected chi connectivity index (χ3v) is 4.13. The Morgan fingerprint density at radius 3 is 1.38 bits per heavy atom. The van der Waals surface area contributed by atoms with Gasteiger partial charge in [0.15, 0.2) is 0 Å². The lowest BCUT2D eigenvalue weighted by Gasteiger charge is -2.07. The highest BCUT2D eigenvalue weighted by molar-refractivity contribution is 7.99. The number of hydrogen-bond donors (Lipinski definition) is 0. The zero-order valence-corrected chi connectivity index (χ0v) is 18.1. The van der Waals surface area contributed by atoms with Gasteiger partial charge in [0.2, 0.25) is 0 Å². The summed E-state index contributed by atoms with van der Waals surface area (Å²) in [6.07, 6.45) is 1.11. The van der Waals surface area contributed by atoms with Crippen LogP contribution in [0.1, 0.15) is 79.4 Å². The largest absolute Gasteiger partial charge is 0.0901 e. The Bertz CT molecular complexity index is 480. The zero-order chi connectivity index (χ0) is 19.0. The molecule has 0 aliphatic carbocycles. The normalized spacial score (nSPS) is 8.92. The van der Waals surface area contributed by atoms with Gasteiger partial charge in [-0.1, -0.05) is 98.3 Å². The zero-order valence-electron chi connectivity index (χ0n) is 17.3. The summed E-state index contributed by atoms with van der Waals surface area (Å²) in [4.78, 5) is 2.62. The maximum Gasteiger partial charge on any atom is 0.0122 e. The average molecular weight is 347 g/mol. The summed E-state index contributed by atoms with van der Waals surface area (Å²) < 4.78 is 0. The van der Waals surface area contributed by atoms with Crippen LogP contribution < -0.4 is 0 Å². The molecule has 0 nitrogen and oxygen atoms in total. The molecular formula is C23H38S. The van der Waals surface area contributed by atoms with Crippen LogP contribution in [-0.2, 0) is 6.42 Å². The van der Waals surface area contributed by atoms with E-state index >= 15 is 0 Å². The highest BCUT2D eigenvalue weighted by atomic mass is 32.2. The van der Waals surface area contributed by atoms with Gasteiger partial charge in [0.25, 0.3) is 0 Å². The molecule has 0 spiro atoms. The molecule has 0 heterocycles. The molecule has 1 heteroatoms. The van der Waals surface area contributed by atoms with Crippen LogP contribution in [0, 0.1) is 0 Å². The number of rotatable bonds is 4. The van der Waals surface area contributed by atoms with E-state index in [1.165, 1.54) is 20.9 Å². The van der Waals surface area contributed by atoms with Crippen LogP contribution in [0.15, 0.2) is 58.3 Å². The summed E-state index contributed by atoms with van der Waals surface area (Å²) in [5.74, 6) is 0.605. The van der Waals surface area contributed by atoms with Gasteiger partial charge in [0, 0.05) is 9.79 Å². The maximum absolute atomic E-state index is 2.23. The second-order valence-corrected chi connectivity index (χ2v) is 5.97. The van der Waals surface area contributed by atoms with Gasteiger partial charge in [0.1, 0.15) is 0 Å². The Kier molecular flexibility index (Phi) is 17.4. The second kappa shape index (κ2) is 16.6. The van der Waals surface area contributed by atoms with Crippen molar-refractivity contribution in [3.63, 3.8) is 0 Å².